The van der Waals surface area contributed by atoms with Crippen molar-refractivity contribution in [2.24, 2.45) is 0 Å². The molecule has 13 heavy (non-hydrogen) atoms. The Balaban J connectivity index is 3.25. The molecule has 0 aromatic carbocycles. The van der Waals surface area contributed by atoms with Crippen molar-refractivity contribution in [3.8, 4) is 0 Å². The molecule has 0 aromatic rings. The first-order chi connectivity index (χ1) is 6.16. The number of hydrogen-bond acceptors (Lipinski definition) is 4. The summed E-state index contributed by atoms with van der Waals surface area (Å²) in [6, 6.07) is 0. The predicted molar refractivity (Wildman–Crippen MR) is 46.9 cm³/mol. The highest BCUT2D eigenvalue weighted by atomic mass is 16.7. The maximum Gasteiger partial charge on any atom is 0.308 e. The summed E-state index contributed by atoms with van der Waals surface area (Å²) < 4.78 is 9.05. The highest BCUT2D eigenvalue weighted by Gasteiger charge is 2.02. The molecule has 0 unspecified atom stereocenters. The predicted octanol–water partition coefficient (Wildman–Crippen LogP) is 1.63. The van der Waals surface area contributed by atoms with Crippen molar-refractivity contribution in [2.75, 3.05) is 6.79 Å². The second kappa shape index (κ2) is 7.58. The Morgan fingerprint density at radius 1 is 1.15 bits per heavy atom. The van der Waals surface area contributed by atoms with Gasteiger partial charge in [0.05, 0.1) is 0 Å². The van der Waals surface area contributed by atoms with Gasteiger partial charge >= 0.3 is 11.9 Å². The van der Waals surface area contributed by atoms with Crippen LogP contribution in [0.2, 0.25) is 0 Å². The monoisotopic (exact) mass is 188 g/mol. The van der Waals surface area contributed by atoms with E-state index in [1.165, 1.54) is 6.92 Å². The average molecular weight is 188 g/mol. The average Bonchev–Trinajstić information content (AvgIpc) is 2.04. The largest absolute Gasteiger partial charge is 0.428 e. The van der Waals surface area contributed by atoms with E-state index in [0.29, 0.717) is 6.42 Å². The molecule has 0 amide bonds. The van der Waals surface area contributed by atoms with E-state index in [1.807, 2.05) is 0 Å². The van der Waals surface area contributed by atoms with Crippen molar-refractivity contribution in [1.29, 1.82) is 0 Å². The number of carbonyl (C=O) groups excluding carboxylic acids is 2. The lowest BCUT2D eigenvalue weighted by molar-refractivity contribution is -0.165. The van der Waals surface area contributed by atoms with Gasteiger partial charge < -0.3 is 9.47 Å². The zero-order valence-corrected chi connectivity index (χ0v) is 8.17. The SMILES string of the molecule is CCCCCC(=O)OCOC(C)=O. The van der Waals surface area contributed by atoms with Gasteiger partial charge in [-0.05, 0) is 6.42 Å². The standard InChI is InChI=1S/C9H16O4/c1-3-4-5-6-9(11)13-7-12-8(2)10/h3-7H2,1-2H3. The summed E-state index contributed by atoms with van der Waals surface area (Å²) in [5.74, 6) is -0.754. The molecule has 0 aliphatic rings. The Bertz CT molecular complexity index is 165. The van der Waals surface area contributed by atoms with Gasteiger partial charge in [0.25, 0.3) is 0 Å². The summed E-state index contributed by atoms with van der Waals surface area (Å²) in [4.78, 5) is 21.2. The maximum atomic E-state index is 10.9. The lowest BCUT2D eigenvalue weighted by Gasteiger charge is -2.03. The van der Waals surface area contributed by atoms with Crippen LogP contribution in [-0.4, -0.2) is 18.7 Å². The van der Waals surface area contributed by atoms with Gasteiger partial charge in [0.1, 0.15) is 0 Å². The smallest absolute Gasteiger partial charge is 0.308 e. The van der Waals surface area contributed by atoms with Crippen LogP contribution in [-0.2, 0) is 19.1 Å². The van der Waals surface area contributed by atoms with Gasteiger partial charge in [-0.1, -0.05) is 19.8 Å². The Labute approximate surface area is 78.2 Å². The molecule has 0 spiro atoms. The number of carbonyl (C=O) groups is 2. The van der Waals surface area contributed by atoms with Gasteiger partial charge in [-0.2, -0.15) is 0 Å². The summed E-state index contributed by atoms with van der Waals surface area (Å²) in [5.41, 5.74) is 0. The minimum absolute atomic E-state index is 0.264. The highest BCUT2D eigenvalue weighted by Crippen LogP contribution is 2.00. The van der Waals surface area contributed by atoms with Crippen molar-refractivity contribution < 1.29 is 19.1 Å². The third-order valence-corrected chi connectivity index (χ3v) is 1.47. The van der Waals surface area contributed by atoms with E-state index in [-0.39, 0.29) is 12.8 Å². The van der Waals surface area contributed by atoms with Crippen molar-refractivity contribution in [3.63, 3.8) is 0 Å². The number of ether oxygens (including phenoxy) is 2. The van der Waals surface area contributed by atoms with Gasteiger partial charge in [0.15, 0.2) is 0 Å². The maximum absolute atomic E-state index is 10.9. The molecule has 0 rings (SSSR count). The first kappa shape index (κ1) is 11.9. The first-order valence-corrected chi connectivity index (χ1v) is 4.45. The third-order valence-electron chi connectivity index (χ3n) is 1.47. The molecule has 0 saturated heterocycles. The van der Waals surface area contributed by atoms with Crippen LogP contribution in [0.1, 0.15) is 39.5 Å². The van der Waals surface area contributed by atoms with Crippen LogP contribution in [0.5, 0.6) is 0 Å². The second-order valence-corrected chi connectivity index (χ2v) is 2.73. The van der Waals surface area contributed by atoms with Crippen molar-refractivity contribution in [3.05, 3.63) is 0 Å². The first-order valence-electron chi connectivity index (χ1n) is 4.45. The van der Waals surface area contributed by atoms with E-state index in [2.05, 4.69) is 16.4 Å². The molecule has 0 aromatic heterocycles. The molecular formula is C9H16O4. The number of unbranched alkanes of at least 4 members (excludes halogenated alkanes) is 2. The summed E-state index contributed by atoms with van der Waals surface area (Å²) in [5, 5.41) is 0. The van der Waals surface area contributed by atoms with E-state index in [0.717, 1.165) is 19.3 Å². The van der Waals surface area contributed by atoms with Crippen molar-refractivity contribution in [1.82, 2.24) is 0 Å². The van der Waals surface area contributed by atoms with E-state index in [1.54, 1.807) is 0 Å². The minimum Gasteiger partial charge on any atom is -0.428 e. The van der Waals surface area contributed by atoms with Crippen LogP contribution in [0.4, 0.5) is 0 Å². The Morgan fingerprint density at radius 2 is 1.85 bits per heavy atom. The van der Waals surface area contributed by atoms with Crippen molar-refractivity contribution >= 4 is 11.9 Å². The van der Waals surface area contributed by atoms with Crippen LogP contribution in [0.25, 0.3) is 0 Å². The second-order valence-electron chi connectivity index (χ2n) is 2.73. The highest BCUT2D eigenvalue weighted by molar-refractivity contribution is 5.69. The Kier molecular flexibility index (Phi) is 6.96. The minimum atomic E-state index is -0.443. The van der Waals surface area contributed by atoms with Crippen LogP contribution in [0, 0.1) is 0 Å². The molecule has 0 bridgehead atoms. The molecule has 0 radical (unpaired) electrons. The zero-order valence-electron chi connectivity index (χ0n) is 8.17. The normalized spacial score (nSPS) is 9.38. The topological polar surface area (TPSA) is 52.6 Å². The van der Waals surface area contributed by atoms with Crippen LogP contribution in [0.3, 0.4) is 0 Å². The van der Waals surface area contributed by atoms with E-state index in [9.17, 15) is 9.59 Å². The van der Waals surface area contributed by atoms with Gasteiger partial charge in [-0.3, -0.25) is 9.59 Å². The number of hydrogen-bond donors (Lipinski definition) is 0. The Hall–Kier alpha value is -1.06. The van der Waals surface area contributed by atoms with Gasteiger partial charge in [0.2, 0.25) is 6.79 Å². The molecule has 0 saturated carbocycles. The number of rotatable bonds is 6. The van der Waals surface area contributed by atoms with Gasteiger partial charge in [-0.15, -0.1) is 0 Å². The van der Waals surface area contributed by atoms with Crippen molar-refractivity contribution in [2.45, 2.75) is 39.5 Å². The summed E-state index contributed by atoms with van der Waals surface area (Å²) >= 11 is 0. The van der Waals surface area contributed by atoms with Gasteiger partial charge in [-0.25, -0.2) is 0 Å². The quantitative estimate of drug-likeness (QED) is 0.361. The summed E-state index contributed by atoms with van der Waals surface area (Å²) in [6.45, 7) is 3.06. The fourth-order valence-electron chi connectivity index (χ4n) is 0.770. The molecule has 76 valence electrons. The molecule has 0 heterocycles. The summed E-state index contributed by atoms with van der Waals surface area (Å²) in [7, 11) is 0. The molecule has 0 fully saturated rings. The molecular weight excluding hydrogens is 172 g/mol. The number of esters is 2. The van der Waals surface area contributed by atoms with E-state index >= 15 is 0 Å². The summed E-state index contributed by atoms with van der Waals surface area (Å²) in [6.07, 6.45) is 3.31. The molecule has 0 aliphatic heterocycles. The lowest BCUT2D eigenvalue weighted by Crippen LogP contribution is -2.10. The third kappa shape index (κ3) is 8.85. The fourth-order valence-corrected chi connectivity index (χ4v) is 0.770. The Morgan fingerprint density at radius 3 is 2.38 bits per heavy atom. The molecule has 0 atom stereocenters. The van der Waals surface area contributed by atoms with Crippen LogP contribution in [0.15, 0.2) is 0 Å². The lowest BCUT2D eigenvalue weighted by atomic mass is 10.2. The molecule has 0 aliphatic carbocycles. The molecule has 4 heteroatoms. The van der Waals surface area contributed by atoms with E-state index < -0.39 is 5.97 Å². The van der Waals surface area contributed by atoms with Crippen LogP contribution >= 0.6 is 0 Å². The van der Waals surface area contributed by atoms with Gasteiger partial charge in [0, 0.05) is 13.3 Å². The molecule has 4 nitrogen and oxygen atoms in total. The fraction of sp³-hybridized carbons (Fsp3) is 0.778. The van der Waals surface area contributed by atoms with Crippen LogP contribution < -0.4 is 0 Å². The molecule has 0 N–H and O–H groups in total. The zero-order chi connectivity index (χ0) is 10.1. The van der Waals surface area contributed by atoms with E-state index in [4.69, 9.17) is 0 Å².